The van der Waals surface area contributed by atoms with Gasteiger partial charge in [0.2, 0.25) is 10.0 Å². The van der Waals surface area contributed by atoms with E-state index < -0.39 is 15.9 Å². The van der Waals surface area contributed by atoms with Gasteiger partial charge in [-0.15, -0.1) is 12.4 Å². The van der Waals surface area contributed by atoms with Gasteiger partial charge in [0.1, 0.15) is 0 Å². The van der Waals surface area contributed by atoms with Crippen LogP contribution >= 0.6 is 12.4 Å². The highest BCUT2D eigenvalue weighted by atomic mass is 35.5. The normalized spacial score (nSPS) is 16.2. The minimum absolute atomic E-state index is 0. The Morgan fingerprint density at radius 1 is 0.974 bits per heavy atom. The summed E-state index contributed by atoms with van der Waals surface area (Å²) in [6, 6.07) is 8.38. The second kappa shape index (κ2) is 12.8. The first-order valence-electron chi connectivity index (χ1n) is 13.1. The Kier molecular flexibility index (Phi) is 9.49. The molecule has 1 aromatic carbocycles. The third-order valence-electron chi connectivity index (χ3n) is 7.15. The molecule has 208 valence electrons. The minimum Gasteiger partial charge on any atom is -0.382 e. The number of sulfonamides is 1. The molecular formula is C27H34ClN7O3S. The van der Waals surface area contributed by atoms with Crippen molar-refractivity contribution in [2.45, 2.75) is 43.4 Å². The minimum atomic E-state index is -3.51. The van der Waals surface area contributed by atoms with Crippen LogP contribution in [0.25, 0.3) is 11.3 Å². The lowest BCUT2D eigenvalue weighted by Crippen LogP contribution is -2.27. The second-order valence-electron chi connectivity index (χ2n) is 9.76. The number of benzene rings is 1. The Morgan fingerprint density at radius 3 is 2.38 bits per heavy atom. The molecule has 3 aromatic rings. The number of nitrogens with two attached hydrogens (primary N) is 1. The van der Waals surface area contributed by atoms with Crippen molar-refractivity contribution in [2.24, 2.45) is 0 Å². The quantitative estimate of drug-likeness (QED) is 0.398. The Hall–Kier alpha value is -3.12. The molecule has 12 heteroatoms. The third-order valence-corrected chi connectivity index (χ3v) is 9.06. The van der Waals surface area contributed by atoms with Gasteiger partial charge in [0.25, 0.3) is 5.91 Å². The monoisotopic (exact) mass is 571 g/mol. The molecule has 39 heavy (non-hydrogen) atoms. The van der Waals surface area contributed by atoms with Crippen molar-refractivity contribution < 1.29 is 13.2 Å². The Labute approximate surface area is 235 Å². The number of aromatic nitrogens is 3. The molecule has 10 nitrogen and oxygen atoms in total. The summed E-state index contributed by atoms with van der Waals surface area (Å²) >= 11 is 0. The zero-order valence-corrected chi connectivity index (χ0v) is 23.4. The standard InChI is InChI=1S/C27H33N7O3S.ClH/c28-26-25(27(35)32-23-18-29-12-11-20(23)6-5-15-33-13-1-2-14-33)31-24(19-30-26)21-7-9-22(10-8-21)38(36,37)34-16-3-4-17-34;/h7-12,18-19H,1-6,13-17H2,(H2,28,30)(H,32,35);1H. The SMILES string of the molecule is Cl.Nc1ncc(-c2ccc(S(=O)(=O)N3CCCC3)cc2)nc1C(=O)Nc1cnccc1CCCN1CCCC1. The summed E-state index contributed by atoms with van der Waals surface area (Å²) in [6.07, 6.45) is 10.9. The molecule has 2 saturated heterocycles. The number of anilines is 2. The van der Waals surface area contributed by atoms with Crippen LogP contribution in [0.15, 0.2) is 53.8 Å². The lowest BCUT2D eigenvalue weighted by atomic mass is 10.1. The van der Waals surface area contributed by atoms with E-state index in [4.69, 9.17) is 5.73 Å². The fraction of sp³-hybridized carbons (Fsp3) is 0.407. The number of halogens is 1. The van der Waals surface area contributed by atoms with E-state index in [1.807, 2.05) is 6.07 Å². The maximum Gasteiger partial charge on any atom is 0.278 e. The second-order valence-corrected chi connectivity index (χ2v) is 11.7. The number of aryl methyl sites for hydroxylation is 1. The van der Waals surface area contributed by atoms with E-state index in [0.29, 0.717) is 30.0 Å². The smallest absolute Gasteiger partial charge is 0.278 e. The van der Waals surface area contributed by atoms with E-state index in [2.05, 4.69) is 25.2 Å². The summed E-state index contributed by atoms with van der Waals surface area (Å²) < 4.78 is 27.2. The number of carbonyl (C=O) groups excluding carboxylic acids is 1. The first kappa shape index (κ1) is 28.9. The van der Waals surface area contributed by atoms with E-state index in [1.54, 1.807) is 36.7 Å². The van der Waals surface area contributed by atoms with Crippen molar-refractivity contribution in [3.63, 3.8) is 0 Å². The van der Waals surface area contributed by atoms with Crippen molar-refractivity contribution in [1.82, 2.24) is 24.2 Å². The molecule has 0 radical (unpaired) electrons. The van der Waals surface area contributed by atoms with Crippen LogP contribution in [0.5, 0.6) is 0 Å². The summed E-state index contributed by atoms with van der Waals surface area (Å²) in [7, 11) is -3.51. The van der Waals surface area contributed by atoms with Crippen molar-refractivity contribution in [3.8, 4) is 11.3 Å². The van der Waals surface area contributed by atoms with Crippen LogP contribution in [0.2, 0.25) is 0 Å². The van der Waals surface area contributed by atoms with Gasteiger partial charge in [-0.05, 0) is 81.9 Å². The molecule has 0 spiro atoms. The number of hydrogen-bond donors (Lipinski definition) is 2. The third kappa shape index (κ3) is 6.73. The average Bonchev–Trinajstić information content (AvgIpc) is 3.65. The first-order chi connectivity index (χ1) is 18.4. The van der Waals surface area contributed by atoms with E-state index in [-0.39, 0.29) is 28.8 Å². The summed E-state index contributed by atoms with van der Waals surface area (Å²) in [6.45, 7) is 4.44. The van der Waals surface area contributed by atoms with Gasteiger partial charge in [-0.3, -0.25) is 9.78 Å². The molecular weight excluding hydrogens is 538 g/mol. The van der Waals surface area contributed by atoms with Crippen LogP contribution in [0, 0.1) is 0 Å². The lowest BCUT2D eigenvalue weighted by molar-refractivity contribution is 0.102. The molecule has 0 unspecified atom stereocenters. The van der Waals surface area contributed by atoms with Crippen LogP contribution in [-0.2, 0) is 16.4 Å². The van der Waals surface area contributed by atoms with Gasteiger partial charge in [-0.2, -0.15) is 4.31 Å². The fourth-order valence-corrected chi connectivity index (χ4v) is 6.53. The molecule has 0 aliphatic carbocycles. The molecule has 2 aliphatic rings. The first-order valence-corrected chi connectivity index (χ1v) is 14.6. The van der Waals surface area contributed by atoms with Gasteiger partial charge in [0.15, 0.2) is 11.5 Å². The predicted octanol–water partition coefficient (Wildman–Crippen LogP) is 3.61. The van der Waals surface area contributed by atoms with Gasteiger partial charge in [0.05, 0.1) is 28.7 Å². The van der Waals surface area contributed by atoms with Gasteiger partial charge in [0, 0.05) is 24.8 Å². The van der Waals surface area contributed by atoms with Gasteiger partial charge < -0.3 is 16.0 Å². The highest BCUT2D eigenvalue weighted by molar-refractivity contribution is 7.89. The molecule has 5 rings (SSSR count). The topological polar surface area (TPSA) is 134 Å². The Balaban J connectivity index is 0.00000353. The van der Waals surface area contributed by atoms with Crippen LogP contribution in [0.3, 0.4) is 0 Å². The molecule has 2 fully saturated rings. The molecule has 0 atom stereocenters. The number of nitrogens with zero attached hydrogens (tertiary/aromatic N) is 5. The maximum absolute atomic E-state index is 13.2. The summed E-state index contributed by atoms with van der Waals surface area (Å²) in [5, 5.41) is 2.90. The zero-order valence-electron chi connectivity index (χ0n) is 21.8. The molecule has 2 aliphatic heterocycles. The average molecular weight is 572 g/mol. The van der Waals surface area contributed by atoms with Crippen LogP contribution in [0.1, 0.15) is 48.2 Å². The highest BCUT2D eigenvalue weighted by Gasteiger charge is 2.27. The van der Waals surface area contributed by atoms with Crippen molar-refractivity contribution >= 4 is 39.8 Å². The number of hydrogen-bond acceptors (Lipinski definition) is 8. The van der Waals surface area contributed by atoms with E-state index in [9.17, 15) is 13.2 Å². The Morgan fingerprint density at radius 2 is 1.67 bits per heavy atom. The molecule has 3 N–H and O–H groups in total. The van der Waals surface area contributed by atoms with Gasteiger partial charge >= 0.3 is 0 Å². The van der Waals surface area contributed by atoms with Gasteiger partial charge in [-0.25, -0.2) is 18.4 Å². The van der Waals surface area contributed by atoms with Crippen LogP contribution in [-0.4, -0.2) is 71.2 Å². The molecule has 1 amide bonds. The van der Waals surface area contributed by atoms with Crippen LogP contribution in [0.4, 0.5) is 11.5 Å². The number of pyridine rings is 1. The maximum atomic E-state index is 13.2. The fourth-order valence-electron chi connectivity index (χ4n) is 5.01. The molecule has 0 saturated carbocycles. The zero-order chi connectivity index (χ0) is 26.5. The number of likely N-dealkylation sites (tertiary alicyclic amines) is 1. The molecule has 4 heterocycles. The molecule has 0 bridgehead atoms. The summed E-state index contributed by atoms with van der Waals surface area (Å²) in [5.74, 6) is -0.460. The van der Waals surface area contributed by atoms with Crippen molar-refractivity contribution in [2.75, 3.05) is 43.8 Å². The molecule has 2 aromatic heterocycles. The predicted molar refractivity (Wildman–Crippen MR) is 153 cm³/mol. The number of amides is 1. The summed E-state index contributed by atoms with van der Waals surface area (Å²) in [5.41, 5.74) is 8.71. The van der Waals surface area contributed by atoms with Crippen molar-refractivity contribution in [1.29, 1.82) is 0 Å². The number of nitrogen functional groups attached to an aromatic ring is 1. The summed E-state index contributed by atoms with van der Waals surface area (Å²) in [4.78, 5) is 28.7. The number of carbonyl (C=O) groups is 1. The van der Waals surface area contributed by atoms with Crippen LogP contribution < -0.4 is 11.1 Å². The number of nitrogens with one attached hydrogen (secondary N) is 1. The number of rotatable bonds is 9. The van der Waals surface area contributed by atoms with Gasteiger partial charge in [-0.1, -0.05) is 12.1 Å². The van der Waals surface area contributed by atoms with E-state index in [1.165, 1.54) is 23.3 Å². The largest absolute Gasteiger partial charge is 0.382 e. The van der Waals surface area contributed by atoms with Crippen molar-refractivity contribution in [3.05, 3.63) is 60.2 Å². The Bertz CT molecular complexity index is 1390. The highest BCUT2D eigenvalue weighted by Crippen LogP contribution is 2.25. The van der Waals surface area contributed by atoms with E-state index in [0.717, 1.165) is 50.9 Å². The van der Waals surface area contributed by atoms with E-state index >= 15 is 0 Å². The lowest BCUT2D eigenvalue weighted by Gasteiger charge is -2.16.